The van der Waals surface area contributed by atoms with Crippen molar-refractivity contribution in [3.05, 3.63) is 36.4 Å². The number of hydrogen-bond acceptors (Lipinski definition) is 4. The van der Waals surface area contributed by atoms with Crippen molar-refractivity contribution in [3.8, 4) is 5.75 Å². The first-order valence-corrected chi connectivity index (χ1v) is 6.48. The molecule has 1 saturated heterocycles. The number of epoxide rings is 1. The Kier molecular flexibility index (Phi) is 3.19. The Balaban J connectivity index is 2.26. The van der Waals surface area contributed by atoms with Gasteiger partial charge in [-0.2, -0.15) is 8.42 Å². The Hall–Kier alpha value is -1.37. The highest BCUT2D eigenvalue weighted by Gasteiger charge is 2.43. The molecule has 0 spiro atoms. The van der Waals surface area contributed by atoms with E-state index in [1.807, 2.05) is 0 Å². The third-order valence-electron chi connectivity index (χ3n) is 2.34. The van der Waals surface area contributed by atoms with Crippen LogP contribution in [0.5, 0.6) is 5.75 Å². The lowest BCUT2D eigenvalue weighted by atomic mass is 10.2. The zero-order chi connectivity index (χ0) is 12.5. The molecule has 1 heterocycles. The van der Waals surface area contributed by atoms with Crippen molar-refractivity contribution >= 4 is 16.2 Å². The first kappa shape index (κ1) is 12.1. The van der Waals surface area contributed by atoms with Crippen molar-refractivity contribution in [2.24, 2.45) is 0 Å². The second-order valence-corrected chi connectivity index (χ2v) is 5.11. The molecule has 2 unspecified atom stereocenters. The molecule has 0 aromatic heterocycles. The van der Waals surface area contributed by atoms with E-state index >= 15 is 0 Å². The van der Waals surface area contributed by atoms with Gasteiger partial charge >= 0.3 is 10.1 Å². The second-order valence-electron chi connectivity index (χ2n) is 3.61. The van der Waals surface area contributed by atoms with Gasteiger partial charge in [0.25, 0.3) is 5.44 Å². The molecule has 0 amide bonds. The summed E-state index contributed by atoms with van der Waals surface area (Å²) in [6.07, 6.45) is 0.937. The van der Waals surface area contributed by atoms with Gasteiger partial charge in [0.1, 0.15) is 11.9 Å². The maximum Gasteiger partial charge on any atom is 0.306 e. The molecule has 0 aliphatic carbocycles. The lowest BCUT2D eigenvalue weighted by molar-refractivity contribution is 0.211. The Morgan fingerprint density at radius 2 is 2.18 bits per heavy atom. The van der Waals surface area contributed by atoms with Gasteiger partial charge in [0.2, 0.25) is 0 Å². The first-order chi connectivity index (χ1) is 8.02. The molecule has 92 valence electrons. The van der Waals surface area contributed by atoms with E-state index in [-0.39, 0.29) is 6.61 Å². The molecular formula is C11H12O5S. The molecule has 1 aromatic carbocycles. The summed E-state index contributed by atoms with van der Waals surface area (Å²) in [5.74, 6) is 0.348. The summed E-state index contributed by atoms with van der Waals surface area (Å²) in [7, 11) is -4.31. The fourth-order valence-electron chi connectivity index (χ4n) is 1.42. The summed E-state index contributed by atoms with van der Waals surface area (Å²) < 4.78 is 41.5. The number of hydrogen-bond donors (Lipinski definition) is 1. The average Bonchev–Trinajstić information content (AvgIpc) is 3.08. The minimum atomic E-state index is -4.31. The van der Waals surface area contributed by atoms with Crippen molar-refractivity contribution < 1.29 is 22.4 Å². The van der Waals surface area contributed by atoms with E-state index in [1.165, 1.54) is 0 Å². The number of ether oxygens (including phenoxy) is 2. The van der Waals surface area contributed by atoms with E-state index < -0.39 is 21.7 Å². The largest absolute Gasteiger partial charge is 0.468 e. The Bertz CT molecular complexity index is 518. The number of rotatable bonds is 5. The minimum Gasteiger partial charge on any atom is -0.468 e. The lowest BCUT2D eigenvalue weighted by Crippen LogP contribution is -2.32. The van der Waals surface area contributed by atoms with Crippen LogP contribution in [0.1, 0.15) is 5.56 Å². The SMILES string of the molecule is C=Cc1ccccc1OC(C1CO1)S(=O)(=O)O. The van der Waals surface area contributed by atoms with E-state index in [9.17, 15) is 8.42 Å². The molecular weight excluding hydrogens is 244 g/mol. The predicted octanol–water partition coefficient (Wildman–Crippen LogP) is 1.32. The van der Waals surface area contributed by atoms with Crippen LogP contribution in [0.2, 0.25) is 0 Å². The van der Waals surface area contributed by atoms with E-state index in [4.69, 9.17) is 14.0 Å². The van der Waals surface area contributed by atoms with E-state index in [0.29, 0.717) is 11.3 Å². The van der Waals surface area contributed by atoms with Gasteiger partial charge in [0, 0.05) is 5.56 Å². The van der Waals surface area contributed by atoms with Gasteiger partial charge in [-0.1, -0.05) is 30.9 Å². The maximum atomic E-state index is 11.1. The highest BCUT2D eigenvalue weighted by molar-refractivity contribution is 7.86. The quantitative estimate of drug-likeness (QED) is 0.635. The third-order valence-corrected chi connectivity index (χ3v) is 3.33. The van der Waals surface area contributed by atoms with Crippen LogP contribution < -0.4 is 4.74 Å². The van der Waals surface area contributed by atoms with Gasteiger partial charge in [0.05, 0.1) is 6.61 Å². The smallest absolute Gasteiger partial charge is 0.306 e. The van der Waals surface area contributed by atoms with Crippen LogP contribution >= 0.6 is 0 Å². The van der Waals surface area contributed by atoms with Gasteiger partial charge in [-0.3, -0.25) is 4.55 Å². The monoisotopic (exact) mass is 256 g/mol. The summed E-state index contributed by atoms with van der Waals surface area (Å²) >= 11 is 0. The van der Waals surface area contributed by atoms with E-state index in [2.05, 4.69) is 6.58 Å². The molecule has 1 N–H and O–H groups in total. The Labute approximate surface area is 99.4 Å². The molecule has 1 aliphatic rings. The highest BCUT2D eigenvalue weighted by atomic mass is 32.2. The van der Waals surface area contributed by atoms with Crippen LogP contribution in [-0.4, -0.2) is 31.1 Å². The van der Waals surface area contributed by atoms with Gasteiger partial charge in [-0.05, 0) is 6.07 Å². The van der Waals surface area contributed by atoms with Gasteiger partial charge in [-0.15, -0.1) is 0 Å². The maximum absolute atomic E-state index is 11.1. The number of benzene rings is 1. The topological polar surface area (TPSA) is 76.1 Å². The molecule has 0 bridgehead atoms. The van der Waals surface area contributed by atoms with E-state index in [0.717, 1.165) is 0 Å². The molecule has 1 aliphatic heterocycles. The Morgan fingerprint density at radius 1 is 1.53 bits per heavy atom. The molecule has 0 radical (unpaired) electrons. The summed E-state index contributed by atoms with van der Waals surface area (Å²) in [6.45, 7) is 3.86. The van der Waals surface area contributed by atoms with E-state index in [1.54, 1.807) is 30.3 Å². The average molecular weight is 256 g/mol. The van der Waals surface area contributed by atoms with Crippen molar-refractivity contribution in [3.63, 3.8) is 0 Å². The Morgan fingerprint density at radius 3 is 2.71 bits per heavy atom. The van der Waals surface area contributed by atoms with Crippen LogP contribution in [0.25, 0.3) is 6.08 Å². The summed E-state index contributed by atoms with van der Waals surface area (Å²) in [4.78, 5) is 0. The van der Waals surface area contributed by atoms with Crippen LogP contribution in [0, 0.1) is 0 Å². The fourth-order valence-corrected chi connectivity index (χ4v) is 2.19. The molecule has 0 saturated carbocycles. The van der Waals surface area contributed by atoms with Crippen molar-refractivity contribution in [2.45, 2.75) is 11.5 Å². The molecule has 6 heteroatoms. The first-order valence-electron chi connectivity index (χ1n) is 4.98. The molecule has 2 rings (SSSR count). The predicted molar refractivity (Wildman–Crippen MR) is 62.2 cm³/mol. The molecule has 17 heavy (non-hydrogen) atoms. The molecule has 1 aromatic rings. The summed E-state index contributed by atoms with van der Waals surface area (Å²) in [5, 5.41) is 0. The van der Waals surface area contributed by atoms with Crippen LogP contribution in [-0.2, 0) is 14.9 Å². The molecule has 5 nitrogen and oxygen atoms in total. The van der Waals surface area contributed by atoms with Crippen molar-refractivity contribution in [1.29, 1.82) is 0 Å². The highest BCUT2D eigenvalue weighted by Crippen LogP contribution is 2.27. The van der Waals surface area contributed by atoms with Crippen LogP contribution in [0.15, 0.2) is 30.8 Å². The standard InChI is InChI=1S/C11H12O5S/c1-2-8-5-3-4-6-9(8)16-11(10-7-15-10)17(12,13)14/h2-6,10-11H,1,7H2,(H,12,13,14). The zero-order valence-electron chi connectivity index (χ0n) is 8.94. The van der Waals surface area contributed by atoms with Gasteiger partial charge < -0.3 is 9.47 Å². The van der Waals surface area contributed by atoms with Crippen molar-refractivity contribution in [2.75, 3.05) is 6.61 Å². The zero-order valence-corrected chi connectivity index (χ0v) is 9.76. The van der Waals surface area contributed by atoms with Crippen LogP contribution in [0.3, 0.4) is 0 Å². The number of para-hydroxylation sites is 1. The van der Waals surface area contributed by atoms with Crippen LogP contribution in [0.4, 0.5) is 0 Å². The van der Waals surface area contributed by atoms with Gasteiger partial charge in [0.15, 0.2) is 0 Å². The minimum absolute atomic E-state index is 0.265. The molecule has 2 atom stereocenters. The summed E-state index contributed by atoms with van der Waals surface area (Å²) in [5.41, 5.74) is -0.731. The lowest BCUT2D eigenvalue weighted by Gasteiger charge is -2.15. The van der Waals surface area contributed by atoms with Crippen molar-refractivity contribution in [1.82, 2.24) is 0 Å². The van der Waals surface area contributed by atoms with Gasteiger partial charge in [-0.25, -0.2) is 0 Å². The second kappa shape index (κ2) is 4.48. The fraction of sp³-hybridized carbons (Fsp3) is 0.273. The normalized spacial score (nSPS) is 20.6. The molecule has 1 fully saturated rings. The summed E-state index contributed by atoms with van der Waals surface area (Å²) in [6, 6.07) is 6.83. The third kappa shape index (κ3) is 2.85.